The Kier molecular flexibility index (Phi) is 30.9. The van der Waals surface area contributed by atoms with Crippen molar-refractivity contribution in [3.63, 3.8) is 0 Å². The number of amides is 1. The molecule has 2 unspecified atom stereocenters. The highest BCUT2D eigenvalue weighted by atomic mass is 32.2. The zero-order valence-corrected chi connectivity index (χ0v) is 29.6. The predicted octanol–water partition coefficient (Wildman–Crippen LogP) is 10.4. The molecule has 7 heteroatoms. The molecule has 0 rings (SSSR count). The molecule has 3 N–H and O–H groups in total. The van der Waals surface area contributed by atoms with Gasteiger partial charge in [0, 0.05) is 6.42 Å². The summed E-state index contributed by atoms with van der Waals surface area (Å²) < 4.78 is 32.2. The van der Waals surface area contributed by atoms with E-state index < -0.39 is 28.0 Å². The molecule has 0 saturated heterocycles. The van der Waals surface area contributed by atoms with Crippen LogP contribution in [0.1, 0.15) is 187 Å². The number of unbranched alkanes of at least 4 members (excludes halogenated alkanes) is 23. The Morgan fingerprint density at radius 1 is 0.591 bits per heavy atom. The van der Waals surface area contributed by atoms with Crippen LogP contribution in [0.3, 0.4) is 0 Å². The van der Waals surface area contributed by atoms with E-state index in [9.17, 15) is 22.9 Å². The van der Waals surface area contributed by atoms with Gasteiger partial charge >= 0.3 is 0 Å². The molecule has 0 aromatic heterocycles. The molecular weight excluding hydrogens is 570 g/mol. The number of carbonyl (C=O) groups is 1. The van der Waals surface area contributed by atoms with Gasteiger partial charge in [0.05, 0.1) is 17.9 Å². The minimum Gasteiger partial charge on any atom is -0.387 e. The van der Waals surface area contributed by atoms with E-state index in [4.69, 9.17) is 0 Å². The average Bonchev–Trinajstić information content (AvgIpc) is 2.98. The number of carbonyl (C=O) groups excluding carboxylic acids is 1. The standard InChI is InChI=1S/C37H71NO5S/c1-3-5-7-9-11-13-14-15-16-17-18-19-20-21-22-23-24-25-27-29-31-33-37(40)38-35(34-44(41,42)43)36(39)32-30-28-26-12-10-8-6-4-2/h10,12,30,32,35-36,39H,3-9,11,13-29,31,33-34H2,1-2H3,(H,38,40)(H,41,42,43)/b12-10+,32-30+. The summed E-state index contributed by atoms with van der Waals surface area (Å²) in [5.74, 6) is -0.997. The Morgan fingerprint density at radius 3 is 1.41 bits per heavy atom. The van der Waals surface area contributed by atoms with Crippen molar-refractivity contribution >= 4 is 16.0 Å². The van der Waals surface area contributed by atoms with E-state index >= 15 is 0 Å². The lowest BCUT2D eigenvalue weighted by Crippen LogP contribution is -2.46. The average molecular weight is 642 g/mol. The molecular formula is C37H71NO5S. The monoisotopic (exact) mass is 642 g/mol. The van der Waals surface area contributed by atoms with Crippen LogP contribution >= 0.6 is 0 Å². The molecule has 0 aliphatic heterocycles. The number of hydrogen-bond acceptors (Lipinski definition) is 4. The first-order valence-corrected chi connectivity index (χ1v) is 20.1. The predicted molar refractivity (Wildman–Crippen MR) is 189 cm³/mol. The molecule has 0 saturated carbocycles. The van der Waals surface area contributed by atoms with Crippen LogP contribution in [0.2, 0.25) is 0 Å². The van der Waals surface area contributed by atoms with Crippen LogP contribution in [0.15, 0.2) is 24.3 Å². The quantitative estimate of drug-likeness (QED) is 0.0376. The van der Waals surface area contributed by atoms with Crippen LogP contribution in [-0.2, 0) is 14.9 Å². The van der Waals surface area contributed by atoms with Crippen LogP contribution < -0.4 is 5.32 Å². The lowest BCUT2D eigenvalue weighted by atomic mass is 10.0. The van der Waals surface area contributed by atoms with Gasteiger partial charge in [-0.1, -0.05) is 179 Å². The maximum absolute atomic E-state index is 12.4. The van der Waals surface area contributed by atoms with Crippen LogP contribution in [0.5, 0.6) is 0 Å². The molecule has 0 radical (unpaired) electrons. The maximum Gasteiger partial charge on any atom is 0.267 e. The number of hydrogen-bond donors (Lipinski definition) is 3. The first-order chi connectivity index (χ1) is 21.3. The van der Waals surface area contributed by atoms with Crippen molar-refractivity contribution in [3.8, 4) is 0 Å². The minimum absolute atomic E-state index is 0.289. The summed E-state index contributed by atoms with van der Waals surface area (Å²) >= 11 is 0. The summed E-state index contributed by atoms with van der Waals surface area (Å²) in [7, 11) is -4.34. The molecule has 44 heavy (non-hydrogen) atoms. The highest BCUT2D eigenvalue weighted by Crippen LogP contribution is 2.15. The second kappa shape index (κ2) is 31.8. The van der Waals surface area contributed by atoms with Gasteiger partial charge in [0.2, 0.25) is 5.91 Å². The first kappa shape index (κ1) is 42.8. The summed E-state index contributed by atoms with van der Waals surface area (Å²) in [6.45, 7) is 4.43. The third-order valence-corrected chi connectivity index (χ3v) is 9.16. The summed E-state index contributed by atoms with van der Waals surface area (Å²) in [4.78, 5) is 12.4. The summed E-state index contributed by atoms with van der Waals surface area (Å²) in [6, 6.07) is -1.07. The van der Waals surface area contributed by atoms with E-state index in [0.29, 0.717) is 12.8 Å². The zero-order chi connectivity index (χ0) is 32.6. The molecule has 0 spiro atoms. The Balaban J connectivity index is 3.79. The Hall–Kier alpha value is -1.18. The molecule has 0 aromatic rings. The Morgan fingerprint density at radius 2 is 0.977 bits per heavy atom. The van der Waals surface area contributed by atoms with E-state index in [0.717, 1.165) is 38.5 Å². The van der Waals surface area contributed by atoms with Crippen molar-refractivity contribution in [2.24, 2.45) is 0 Å². The zero-order valence-electron chi connectivity index (χ0n) is 28.8. The van der Waals surface area contributed by atoms with E-state index in [1.807, 2.05) is 0 Å². The fourth-order valence-electron chi connectivity index (χ4n) is 5.57. The maximum atomic E-state index is 12.4. The molecule has 0 aliphatic rings. The smallest absolute Gasteiger partial charge is 0.267 e. The highest BCUT2D eigenvalue weighted by molar-refractivity contribution is 7.85. The van der Waals surface area contributed by atoms with Gasteiger partial charge in [0.1, 0.15) is 0 Å². The number of nitrogens with one attached hydrogen (secondary N) is 1. The second-order valence-corrected chi connectivity index (χ2v) is 14.4. The summed E-state index contributed by atoms with van der Waals surface area (Å²) in [6.07, 6.45) is 39.1. The SMILES string of the molecule is CCCC/C=C/CC/C=C/C(O)C(CS(=O)(=O)O)NC(=O)CCCCCCCCCCCCCCCCCCCCCCC. The van der Waals surface area contributed by atoms with Gasteiger partial charge in [0.25, 0.3) is 10.1 Å². The fourth-order valence-corrected chi connectivity index (χ4v) is 6.30. The molecule has 0 aliphatic carbocycles. The van der Waals surface area contributed by atoms with Gasteiger partial charge in [-0.3, -0.25) is 9.35 Å². The molecule has 0 aromatic carbocycles. The largest absolute Gasteiger partial charge is 0.387 e. The van der Waals surface area contributed by atoms with Gasteiger partial charge < -0.3 is 10.4 Å². The molecule has 0 heterocycles. The van der Waals surface area contributed by atoms with Crippen LogP contribution in [0.4, 0.5) is 0 Å². The lowest BCUT2D eigenvalue weighted by Gasteiger charge is -2.21. The molecule has 6 nitrogen and oxygen atoms in total. The van der Waals surface area contributed by atoms with Crippen molar-refractivity contribution in [2.75, 3.05) is 5.75 Å². The number of allylic oxidation sites excluding steroid dienone is 3. The van der Waals surface area contributed by atoms with Gasteiger partial charge in [-0.05, 0) is 25.7 Å². The lowest BCUT2D eigenvalue weighted by molar-refractivity contribution is -0.122. The van der Waals surface area contributed by atoms with E-state index in [1.165, 1.54) is 128 Å². The topological polar surface area (TPSA) is 104 Å². The summed E-state index contributed by atoms with van der Waals surface area (Å²) in [5, 5.41) is 13.1. The van der Waals surface area contributed by atoms with Gasteiger partial charge in [0.15, 0.2) is 0 Å². The molecule has 260 valence electrons. The number of rotatable bonds is 33. The normalized spacial score (nSPS) is 13.6. The first-order valence-electron chi connectivity index (χ1n) is 18.5. The number of aliphatic hydroxyl groups excluding tert-OH is 1. The van der Waals surface area contributed by atoms with E-state index in [2.05, 4.69) is 31.3 Å². The molecule has 2 atom stereocenters. The van der Waals surface area contributed by atoms with Crippen molar-refractivity contribution in [1.82, 2.24) is 5.32 Å². The van der Waals surface area contributed by atoms with Gasteiger partial charge in [-0.25, -0.2) is 0 Å². The van der Waals surface area contributed by atoms with Crippen molar-refractivity contribution < 1.29 is 22.9 Å². The fraction of sp³-hybridized carbons (Fsp3) is 0.865. The van der Waals surface area contributed by atoms with Gasteiger partial charge in [-0.15, -0.1) is 0 Å². The van der Waals surface area contributed by atoms with Crippen molar-refractivity contribution in [3.05, 3.63) is 24.3 Å². The highest BCUT2D eigenvalue weighted by Gasteiger charge is 2.24. The third-order valence-electron chi connectivity index (χ3n) is 8.38. The second-order valence-electron chi connectivity index (χ2n) is 12.9. The van der Waals surface area contributed by atoms with E-state index in [1.54, 1.807) is 6.08 Å². The summed E-state index contributed by atoms with van der Waals surface area (Å²) in [5.41, 5.74) is 0. The molecule has 0 fully saturated rings. The van der Waals surface area contributed by atoms with Crippen molar-refractivity contribution in [2.45, 2.75) is 199 Å². The van der Waals surface area contributed by atoms with Gasteiger partial charge in [-0.2, -0.15) is 8.42 Å². The number of aliphatic hydroxyl groups is 1. The Labute approximate surface area is 273 Å². The van der Waals surface area contributed by atoms with Crippen LogP contribution in [-0.4, -0.2) is 41.9 Å². The van der Waals surface area contributed by atoms with Crippen LogP contribution in [0.25, 0.3) is 0 Å². The minimum atomic E-state index is -4.34. The van der Waals surface area contributed by atoms with Crippen molar-refractivity contribution in [1.29, 1.82) is 0 Å². The van der Waals surface area contributed by atoms with Crippen LogP contribution in [0, 0.1) is 0 Å². The molecule has 0 bridgehead atoms. The Bertz CT molecular complexity index is 796. The third kappa shape index (κ3) is 32.2. The molecule has 1 amide bonds. The van der Waals surface area contributed by atoms with E-state index in [-0.39, 0.29) is 5.91 Å².